The Balaban J connectivity index is 2.02. The lowest BCUT2D eigenvalue weighted by molar-refractivity contribution is 0.387. The second-order valence-electron chi connectivity index (χ2n) is 6.53. The Bertz CT molecular complexity index is 854. The quantitative estimate of drug-likeness (QED) is 0.765. The molecular formula is C21H23N3O2. The predicted molar refractivity (Wildman–Crippen MR) is 99.5 cm³/mol. The number of hydrogen-bond acceptors (Lipinski definition) is 5. The fourth-order valence-corrected chi connectivity index (χ4v) is 3.38. The average molecular weight is 349 g/mol. The van der Waals surface area contributed by atoms with E-state index >= 15 is 0 Å². The highest BCUT2D eigenvalue weighted by molar-refractivity contribution is 5.58. The first kappa shape index (κ1) is 17.8. The fraction of sp³-hybridized carbons (Fsp3) is 0.333. The summed E-state index contributed by atoms with van der Waals surface area (Å²) in [4.78, 5) is 4.05. The number of unbranched alkanes of at least 4 members (excludes halogenated alkanes) is 3. The summed E-state index contributed by atoms with van der Waals surface area (Å²) >= 11 is 0. The molecule has 0 aliphatic carbocycles. The van der Waals surface area contributed by atoms with E-state index in [1.165, 1.54) is 12.8 Å². The number of allylic oxidation sites excluding steroid dienone is 1. The maximum Gasteiger partial charge on any atom is 0.205 e. The molecule has 1 aromatic heterocycles. The second-order valence-corrected chi connectivity index (χ2v) is 6.53. The highest BCUT2D eigenvalue weighted by Gasteiger charge is 2.31. The number of phenols is 1. The van der Waals surface area contributed by atoms with E-state index in [-0.39, 0.29) is 17.6 Å². The smallest absolute Gasteiger partial charge is 0.205 e. The van der Waals surface area contributed by atoms with Gasteiger partial charge in [0.2, 0.25) is 5.88 Å². The number of aryl methyl sites for hydroxylation is 1. The van der Waals surface area contributed by atoms with Gasteiger partial charge in [-0.1, -0.05) is 26.2 Å². The van der Waals surface area contributed by atoms with Crippen molar-refractivity contribution in [1.29, 1.82) is 5.26 Å². The van der Waals surface area contributed by atoms with Gasteiger partial charge < -0.3 is 15.6 Å². The van der Waals surface area contributed by atoms with Crippen LogP contribution in [0.1, 0.15) is 55.2 Å². The van der Waals surface area contributed by atoms with Gasteiger partial charge in [-0.2, -0.15) is 5.26 Å². The molecule has 1 aliphatic heterocycles. The first-order chi connectivity index (χ1) is 12.7. The summed E-state index contributed by atoms with van der Waals surface area (Å²) in [7, 11) is 0. The largest absolute Gasteiger partial charge is 0.508 e. The second kappa shape index (κ2) is 7.92. The first-order valence-electron chi connectivity index (χ1n) is 8.99. The van der Waals surface area contributed by atoms with Crippen LogP contribution in [0.5, 0.6) is 11.5 Å². The summed E-state index contributed by atoms with van der Waals surface area (Å²) in [5.74, 6) is 0.471. The maximum absolute atomic E-state index is 10.4. The molecule has 1 aromatic carbocycles. The van der Waals surface area contributed by atoms with Crippen molar-refractivity contribution in [1.82, 2.24) is 4.98 Å². The van der Waals surface area contributed by atoms with Crippen molar-refractivity contribution in [2.45, 2.75) is 44.9 Å². The summed E-state index contributed by atoms with van der Waals surface area (Å²) in [6.07, 6.45) is 8.69. The van der Waals surface area contributed by atoms with Crippen LogP contribution in [0.3, 0.4) is 0 Å². The van der Waals surface area contributed by atoms with Gasteiger partial charge in [-0.05, 0) is 42.2 Å². The van der Waals surface area contributed by atoms with Gasteiger partial charge in [0, 0.05) is 24.0 Å². The summed E-state index contributed by atoms with van der Waals surface area (Å²) in [5, 5.41) is 20.0. The van der Waals surface area contributed by atoms with E-state index in [9.17, 15) is 10.4 Å². The van der Waals surface area contributed by atoms with Crippen LogP contribution in [0, 0.1) is 11.3 Å². The SMILES string of the molecule is CCCCCCc1cc2c(cc1O)OC(N)=C(C#N)[C@@H]2c1ccncc1. The van der Waals surface area contributed by atoms with Gasteiger partial charge in [0.25, 0.3) is 0 Å². The van der Waals surface area contributed by atoms with Crippen LogP contribution in [0.25, 0.3) is 0 Å². The topological polar surface area (TPSA) is 92.2 Å². The summed E-state index contributed by atoms with van der Waals surface area (Å²) in [6.45, 7) is 2.17. The molecule has 3 rings (SSSR count). The number of hydrogen-bond donors (Lipinski definition) is 2. The first-order valence-corrected chi connectivity index (χ1v) is 8.99. The lowest BCUT2D eigenvalue weighted by Gasteiger charge is -2.27. The highest BCUT2D eigenvalue weighted by Crippen LogP contribution is 2.44. The molecule has 0 unspecified atom stereocenters. The van der Waals surface area contributed by atoms with Gasteiger partial charge >= 0.3 is 0 Å². The van der Waals surface area contributed by atoms with Gasteiger partial charge in [0.05, 0.1) is 5.92 Å². The number of nitriles is 1. The number of nitrogens with zero attached hydrogens (tertiary/aromatic N) is 2. The molecule has 0 spiro atoms. The Labute approximate surface area is 153 Å². The molecule has 2 heterocycles. The van der Waals surface area contributed by atoms with Crippen LogP contribution in [0.2, 0.25) is 0 Å². The molecule has 0 fully saturated rings. The zero-order chi connectivity index (χ0) is 18.5. The van der Waals surface area contributed by atoms with Crippen molar-refractivity contribution in [3.8, 4) is 17.6 Å². The van der Waals surface area contributed by atoms with E-state index in [0.29, 0.717) is 11.3 Å². The number of pyridine rings is 1. The maximum atomic E-state index is 10.4. The van der Waals surface area contributed by atoms with E-state index in [0.717, 1.165) is 36.0 Å². The van der Waals surface area contributed by atoms with Crippen LogP contribution in [-0.2, 0) is 6.42 Å². The Morgan fingerprint density at radius 3 is 2.69 bits per heavy atom. The normalized spacial score (nSPS) is 15.9. The number of ether oxygens (including phenoxy) is 1. The molecule has 0 amide bonds. The molecule has 0 radical (unpaired) electrons. The Morgan fingerprint density at radius 2 is 2.00 bits per heavy atom. The molecule has 2 aromatic rings. The highest BCUT2D eigenvalue weighted by atomic mass is 16.5. The number of nitrogens with two attached hydrogens (primary N) is 1. The number of fused-ring (bicyclic) bond motifs is 1. The molecule has 5 heteroatoms. The third-order valence-electron chi connectivity index (χ3n) is 4.76. The van der Waals surface area contributed by atoms with E-state index in [1.54, 1.807) is 18.5 Å². The van der Waals surface area contributed by atoms with Crippen molar-refractivity contribution in [2.75, 3.05) is 0 Å². The van der Waals surface area contributed by atoms with Crippen molar-refractivity contribution in [3.05, 3.63) is 64.8 Å². The molecule has 26 heavy (non-hydrogen) atoms. The lowest BCUT2D eigenvalue weighted by Crippen LogP contribution is -2.21. The van der Waals surface area contributed by atoms with Gasteiger partial charge in [-0.3, -0.25) is 4.98 Å². The van der Waals surface area contributed by atoms with Crippen molar-refractivity contribution in [2.24, 2.45) is 5.73 Å². The van der Waals surface area contributed by atoms with Gasteiger partial charge in [-0.15, -0.1) is 0 Å². The molecule has 0 saturated carbocycles. The zero-order valence-corrected chi connectivity index (χ0v) is 14.9. The van der Waals surface area contributed by atoms with Crippen molar-refractivity contribution >= 4 is 0 Å². The van der Waals surface area contributed by atoms with E-state index in [4.69, 9.17) is 10.5 Å². The molecule has 5 nitrogen and oxygen atoms in total. The Hall–Kier alpha value is -3.00. The van der Waals surface area contributed by atoms with E-state index in [2.05, 4.69) is 18.0 Å². The predicted octanol–water partition coefficient (Wildman–Crippen LogP) is 4.13. The van der Waals surface area contributed by atoms with Crippen LogP contribution >= 0.6 is 0 Å². The molecule has 1 aliphatic rings. The molecule has 134 valence electrons. The molecule has 0 bridgehead atoms. The number of aromatic nitrogens is 1. The van der Waals surface area contributed by atoms with Gasteiger partial charge in [0.1, 0.15) is 23.1 Å². The Kier molecular flexibility index (Phi) is 5.43. The van der Waals surface area contributed by atoms with E-state index < -0.39 is 0 Å². The molecule has 0 saturated heterocycles. The summed E-state index contributed by atoms with van der Waals surface area (Å²) < 4.78 is 5.63. The third kappa shape index (κ3) is 3.50. The fourth-order valence-electron chi connectivity index (χ4n) is 3.38. The van der Waals surface area contributed by atoms with Crippen LogP contribution in [0.15, 0.2) is 48.1 Å². The minimum absolute atomic E-state index is 0.0805. The number of benzene rings is 1. The lowest BCUT2D eigenvalue weighted by atomic mass is 9.83. The van der Waals surface area contributed by atoms with Crippen molar-refractivity contribution in [3.63, 3.8) is 0 Å². The molecular weight excluding hydrogens is 326 g/mol. The molecule has 1 atom stereocenters. The molecule has 3 N–H and O–H groups in total. The third-order valence-corrected chi connectivity index (χ3v) is 4.76. The monoisotopic (exact) mass is 349 g/mol. The number of aromatic hydroxyl groups is 1. The summed E-state index contributed by atoms with van der Waals surface area (Å²) in [6, 6.07) is 9.49. The van der Waals surface area contributed by atoms with E-state index in [1.807, 2.05) is 18.2 Å². The number of phenolic OH excluding ortho intramolecular Hbond substituents is 1. The zero-order valence-electron chi connectivity index (χ0n) is 14.9. The van der Waals surface area contributed by atoms with Crippen LogP contribution in [0.4, 0.5) is 0 Å². The standard InChI is InChI=1S/C21H23N3O2/c1-2-3-4-5-6-15-11-16-19(12-18(15)25)26-21(23)17(13-22)20(16)14-7-9-24-10-8-14/h7-12,20,25H,2-6,23H2,1H3/t20-/m1/s1. The minimum Gasteiger partial charge on any atom is -0.508 e. The summed E-state index contributed by atoms with van der Waals surface area (Å²) in [5.41, 5.74) is 9.00. The number of rotatable bonds is 6. The average Bonchev–Trinajstić information content (AvgIpc) is 2.65. The van der Waals surface area contributed by atoms with Crippen molar-refractivity contribution < 1.29 is 9.84 Å². The Morgan fingerprint density at radius 1 is 1.23 bits per heavy atom. The van der Waals surface area contributed by atoms with Crippen LogP contribution < -0.4 is 10.5 Å². The minimum atomic E-state index is -0.318. The van der Waals surface area contributed by atoms with Gasteiger partial charge in [0.15, 0.2) is 0 Å². The van der Waals surface area contributed by atoms with Gasteiger partial charge in [-0.25, -0.2) is 0 Å². The van der Waals surface area contributed by atoms with Crippen LogP contribution in [-0.4, -0.2) is 10.1 Å².